The van der Waals surface area contributed by atoms with Gasteiger partial charge in [-0.1, -0.05) is 24.3 Å². The number of rotatable bonds is 3. The maximum absolute atomic E-state index is 6.33. The van der Waals surface area contributed by atoms with Gasteiger partial charge in [-0.2, -0.15) is 5.10 Å². The Hall–Kier alpha value is -2.71. The van der Waals surface area contributed by atoms with Gasteiger partial charge < -0.3 is 15.8 Å². The number of nitrogens with one attached hydrogen (secondary N) is 1. The second kappa shape index (κ2) is 7.76. The van der Waals surface area contributed by atoms with Crippen molar-refractivity contribution in [2.24, 2.45) is 5.92 Å². The van der Waals surface area contributed by atoms with E-state index in [4.69, 9.17) is 15.6 Å². The van der Waals surface area contributed by atoms with E-state index >= 15 is 0 Å². The standard InChI is InChI=1S/C23H29N7O/c24-22-20-21(19-13-15-3-1-2-4-18(15)27-19)28-30(23(20)26-14-25-22)17-7-5-16(6-8-17)29-9-11-31-12-10-29/h1-4,13-18,27H,5-12H2,(H2,24,25,26). The van der Waals surface area contributed by atoms with Crippen molar-refractivity contribution in [3.8, 4) is 0 Å². The molecule has 4 aliphatic rings. The fraction of sp³-hybridized carbons (Fsp3) is 0.522. The Balaban J connectivity index is 1.29. The van der Waals surface area contributed by atoms with Crippen molar-refractivity contribution in [3.05, 3.63) is 42.4 Å². The average molecular weight is 420 g/mol. The molecule has 0 radical (unpaired) electrons. The molecule has 31 heavy (non-hydrogen) atoms. The smallest absolute Gasteiger partial charge is 0.164 e. The third-order valence-electron chi connectivity index (χ3n) is 7.21. The highest BCUT2D eigenvalue weighted by molar-refractivity contribution is 5.95. The number of morpholine rings is 1. The zero-order valence-electron chi connectivity index (χ0n) is 17.7. The van der Waals surface area contributed by atoms with Gasteiger partial charge in [0.1, 0.15) is 17.8 Å². The van der Waals surface area contributed by atoms with Crippen LogP contribution in [0.4, 0.5) is 5.82 Å². The molecule has 0 amide bonds. The van der Waals surface area contributed by atoms with Crippen LogP contribution in [-0.4, -0.2) is 63.0 Å². The predicted octanol–water partition coefficient (Wildman–Crippen LogP) is 2.28. The summed E-state index contributed by atoms with van der Waals surface area (Å²) < 4.78 is 7.65. The highest BCUT2D eigenvalue weighted by Gasteiger charge is 2.32. The van der Waals surface area contributed by atoms with Gasteiger partial charge in [0.2, 0.25) is 0 Å². The van der Waals surface area contributed by atoms with E-state index in [2.05, 4.69) is 55.2 Å². The van der Waals surface area contributed by atoms with E-state index in [1.54, 1.807) is 6.33 Å². The zero-order valence-corrected chi connectivity index (χ0v) is 17.7. The molecule has 8 nitrogen and oxygen atoms in total. The highest BCUT2D eigenvalue weighted by atomic mass is 16.5. The molecule has 162 valence electrons. The lowest BCUT2D eigenvalue weighted by molar-refractivity contribution is 0.00519. The molecule has 0 bridgehead atoms. The molecule has 2 fully saturated rings. The van der Waals surface area contributed by atoms with Crippen molar-refractivity contribution >= 4 is 22.5 Å². The summed E-state index contributed by atoms with van der Waals surface area (Å²) in [6.07, 6.45) is 17.0. The van der Waals surface area contributed by atoms with Gasteiger partial charge in [0.05, 0.1) is 36.4 Å². The molecule has 1 saturated heterocycles. The molecule has 2 aliphatic heterocycles. The molecule has 0 aromatic carbocycles. The number of aromatic nitrogens is 4. The fourth-order valence-electron chi connectivity index (χ4n) is 5.54. The maximum atomic E-state index is 6.33. The monoisotopic (exact) mass is 419 g/mol. The Bertz CT molecular complexity index is 1060. The zero-order chi connectivity index (χ0) is 20.8. The number of hydrogen-bond acceptors (Lipinski definition) is 7. The maximum Gasteiger partial charge on any atom is 0.164 e. The molecule has 2 aliphatic carbocycles. The second-order valence-electron chi connectivity index (χ2n) is 8.96. The molecule has 4 heterocycles. The number of nitrogens with two attached hydrogens (primary N) is 1. The van der Waals surface area contributed by atoms with E-state index in [9.17, 15) is 0 Å². The first-order valence-corrected chi connectivity index (χ1v) is 11.4. The van der Waals surface area contributed by atoms with E-state index in [0.717, 1.165) is 61.6 Å². The minimum absolute atomic E-state index is 0.273. The van der Waals surface area contributed by atoms with E-state index < -0.39 is 0 Å². The van der Waals surface area contributed by atoms with Crippen LogP contribution in [0, 0.1) is 5.92 Å². The molecule has 8 heteroatoms. The van der Waals surface area contributed by atoms with E-state index in [1.165, 1.54) is 12.8 Å². The SMILES string of the molecule is Nc1ncnc2c1c(C1=CC3C=CC=CC3N1)nn2C1CCC(N2CCOCC2)CC1. The molecular weight excluding hydrogens is 390 g/mol. The number of hydrogen-bond donors (Lipinski definition) is 2. The summed E-state index contributed by atoms with van der Waals surface area (Å²) in [4.78, 5) is 11.5. The van der Waals surface area contributed by atoms with Crippen molar-refractivity contribution in [1.82, 2.24) is 30.0 Å². The van der Waals surface area contributed by atoms with Gasteiger partial charge in [-0.25, -0.2) is 14.6 Å². The largest absolute Gasteiger partial charge is 0.383 e. The Morgan fingerprint density at radius 1 is 1.00 bits per heavy atom. The van der Waals surface area contributed by atoms with Crippen molar-refractivity contribution < 1.29 is 4.74 Å². The molecule has 1 saturated carbocycles. The lowest BCUT2D eigenvalue weighted by Crippen LogP contribution is -2.45. The lowest BCUT2D eigenvalue weighted by Gasteiger charge is -2.38. The van der Waals surface area contributed by atoms with Crippen LogP contribution in [-0.2, 0) is 4.74 Å². The van der Waals surface area contributed by atoms with E-state index in [0.29, 0.717) is 23.8 Å². The Morgan fingerprint density at radius 3 is 2.58 bits per heavy atom. The summed E-state index contributed by atoms with van der Waals surface area (Å²) in [6.45, 7) is 3.83. The predicted molar refractivity (Wildman–Crippen MR) is 120 cm³/mol. The van der Waals surface area contributed by atoms with E-state index in [-0.39, 0.29) is 6.04 Å². The first kappa shape index (κ1) is 19.0. The van der Waals surface area contributed by atoms with Gasteiger partial charge >= 0.3 is 0 Å². The molecule has 2 aromatic rings. The molecule has 2 atom stereocenters. The van der Waals surface area contributed by atoms with Crippen LogP contribution in [0.15, 0.2) is 36.7 Å². The van der Waals surface area contributed by atoms with Crippen molar-refractivity contribution in [3.63, 3.8) is 0 Å². The lowest BCUT2D eigenvalue weighted by atomic mass is 9.90. The second-order valence-corrected chi connectivity index (χ2v) is 8.96. The molecule has 3 N–H and O–H groups in total. The normalized spacial score (nSPS) is 30.9. The van der Waals surface area contributed by atoms with Gasteiger partial charge in [0, 0.05) is 25.0 Å². The molecule has 2 unspecified atom stereocenters. The van der Waals surface area contributed by atoms with Crippen molar-refractivity contribution in [2.75, 3.05) is 32.0 Å². The number of nitrogens with zero attached hydrogens (tertiary/aromatic N) is 5. The number of nitrogen functional groups attached to an aromatic ring is 1. The first-order valence-electron chi connectivity index (χ1n) is 11.4. The summed E-state index contributed by atoms with van der Waals surface area (Å²) in [7, 11) is 0. The van der Waals surface area contributed by atoms with Crippen LogP contribution in [0.1, 0.15) is 37.4 Å². The van der Waals surface area contributed by atoms with Gasteiger partial charge in [-0.05, 0) is 31.8 Å². The topological polar surface area (TPSA) is 94.1 Å². The van der Waals surface area contributed by atoms with Crippen LogP contribution in [0.2, 0.25) is 0 Å². The number of anilines is 1. The molecule has 2 aromatic heterocycles. The van der Waals surface area contributed by atoms with E-state index in [1.807, 2.05) is 0 Å². The molecule has 0 spiro atoms. The fourth-order valence-corrected chi connectivity index (χ4v) is 5.54. The summed E-state index contributed by atoms with van der Waals surface area (Å²) in [5, 5.41) is 9.55. The number of fused-ring (bicyclic) bond motifs is 2. The summed E-state index contributed by atoms with van der Waals surface area (Å²) in [6, 6.07) is 1.27. The van der Waals surface area contributed by atoms with Gasteiger partial charge in [0.25, 0.3) is 0 Å². The third-order valence-corrected chi connectivity index (χ3v) is 7.21. The van der Waals surface area contributed by atoms with Crippen LogP contribution < -0.4 is 11.1 Å². The summed E-state index contributed by atoms with van der Waals surface area (Å²) >= 11 is 0. The highest BCUT2D eigenvalue weighted by Crippen LogP contribution is 2.37. The Morgan fingerprint density at radius 2 is 1.77 bits per heavy atom. The number of allylic oxidation sites excluding steroid dienone is 2. The quantitative estimate of drug-likeness (QED) is 0.788. The minimum atomic E-state index is 0.273. The van der Waals surface area contributed by atoms with Gasteiger partial charge in [-0.15, -0.1) is 0 Å². The molecular formula is C23H29N7O. The average Bonchev–Trinajstić information content (AvgIpc) is 3.42. The van der Waals surface area contributed by atoms with Crippen LogP contribution in [0.3, 0.4) is 0 Å². The van der Waals surface area contributed by atoms with Crippen molar-refractivity contribution in [2.45, 2.75) is 43.8 Å². The van der Waals surface area contributed by atoms with Crippen LogP contribution in [0.5, 0.6) is 0 Å². The Kier molecular flexibility index (Phi) is 4.76. The number of ether oxygens (including phenoxy) is 1. The summed E-state index contributed by atoms with van der Waals surface area (Å²) in [5.41, 5.74) is 9.08. The minimum Gasteiger partial charge on any atom is -0.383 e. The van der Waals surface area contributed by atoms with Gasteiger partial charge in [0.15, 0.2) is 5.65 Å². The molecule has 6 rings (SSSR count). The summed E-state index contributed by atoms with van der Waals surface area (Å²) in [5.74, 6) is 0.840. The van der Waals surface area contributed by atoms with Gasteiger partial charge in [-0.3, -0.25) is 4.90 Å². The first-order chi connectivity index (χ1) is 15.3. The Labute approximate surface area is 181 Å². The third kappa shape index (κ3) is 3.34. The van der Waals surface area contributed by atoms with Crippen LogP contribution >= 0.6 is 0 Å². The van der Waals surface area contributed by atoms with Crippen LogP contribution in [0.25, 0.3) is 16.7 Å². The van der Waals surface area contributed by atoms with Crippen molar-refractivity contribution in [1.29, 1.82) is 0 Å².